The molecule has 0 aliphatic heterocycles. The number of hydrogen-bond acceptors (Lipinski definition) is 1. The first-order valence-electron chi connectivity index (χ1n) is 5.50. The Labute approximate surface area is 101 Å². The van der Waals surface area contributed by atoms with E-state index < -0.39 is 28.9 Å². The van der Waals surface area contributed by atoms with Crippen LogP contribution in [-0.4, -0.2) is 5.78 Å². The summed E-state index contributed by atoms with van der Waals surface area (Å²) < 4.78 is 50.9. The maximum absolute atomic E-state index is 13.4. The van der Waals surface area contributed by atoms with Crippen molar-refractivity contribution >= 4 is 5.78 Å². The molecule has 0 atom stereocenters. The number of carbonyl (C=O) groups is 1. The monoisotopic (exact) mass is 258 g/mol. The lowest BCUT2D eigenvalue weighted by atomic mass is 10.00. The van der Waals surface area contributed by atoms with Crippen molar-refractivity contribution in [1.29, 1.82) is 0 Å². The van der Waals surface area contributed by atoms with E-state index in [2.05, 4.69) is 0 Å². The van der Waals surface area contributed by atoms with Gasteiger partial charge < -0.3 is 0 Å². The van der Waals surface area contributed by atoms with E-state index in [1.807, 2.05) is 0 Å². The van der Waals surface area contributed by atoms with Gasteiger partial charge in [-0.25, -0.2) is 4.39 Å². The Kier molecular flexibility index (Phi) is 3.24. The van der Waals surface area contributed by atoms with Crippen molar-refractivity contribution in [3.05, 3.63) is 46.8 Å². The number of Topliss-reactive ketones (excluding diaryl/α,β-unsaturated/α-hetero) is 1. The zero-order valence-electron chi connectivity index (χ0n) is 9.35. The second-order valence-electron chi connectivity index (χ2n) is 4.14. The third-order valence-corrected chi connectivity index (χ3v) is 2.87. The number of hydrogen-bond donors (Lipinski definition) is 0. The average molecular weight is 258 g/mol. The number of rotatable bonds is 2. The Morgan fingerprint density at radius 3 is 2.50 bits per heavy atom. The van der Waals surface area contributed by atoms with Crippen LogP contribution in [0.1, 0.15) is 35.2 Å². The molecule has 0 radical (unpaired) electrons. The molecule has 1 nitrogen and oxygen atoms in total. The molecule has 0 amide bonds. The average Bonchev–Trinajstić information content (AvgIpc) is 2.80. The number of carbonyl (C=O) groups excluding carboxylic acids is 1. The summed E-state index contributed by atoms with van der Waals surface area (Å²) in [7, 11) is 0. The van der Waals surface area contributed by atoms with Crippen molar-refractivity contribution in [1.82, 2.24) is 0 Å². The molecule has 1 aromatic rings. The maximum atomic E-state index is 13.4. The smallest absolute Gasteiger partial charge is 0.289 e. The zero-order chi connectivity index (χ0) is 13.3. The molecular formula is C13H10F4O. The fourth-order valence-corrected chi connectivity index (χ4v) is 1.93. The number of benzene rings is 1. The van der Waals surface area contributed by atoms with Crippen LogP contribution in [-0.2, 0) is 6.18 Å². The normalized spacial score (nSPS) is 15.7. The van der Waals surface area contributed by atoms with Crippen LogP contribution >= 0.6 is 0 Å². The van der Waals surface area contributed by atoms with Gasteiger partial charge in [0, 0.05) is 0 Å². The van der Waals surface area contributed by atoms with Gasteiger partial charge in [0.05, 0.1) is 11.1 Å². The topological polar surface area (TPSA) is 17.1 Å². The van der Waals surface area contributed by atoms with Crippen LogP contribution in [0.4, 0.5) is 17.6 Å². The molecule has 1 aliphatic carbocycles. The minimum atomic E-state index is -4.58. The Bertz CT molecular complexity index is 514. The van der Waals surface area contributed by atoms with Crippen LogP contribution in [0, 0.1) is 5.82 Å². The van der Waals surface area contributed by atoms with E-state index in [0.29, 0.717) is 36.6 Å². The molecule has 0 heterocycles. The van der Waals surface area contributed by atoms with Gasteiger partial charge in [0.1, 0.15) is 5.82 Å². The SMILES string of the molecule is O=C(C1=CCCC1)c1cc(C(F)(F)F)ccc1F. The van der Waals surface area contributed by atoms with E-state index in [0.717, 1.165) is 6.42 Å². The predicted molar refractivity (Wildman–Crippen MR) is 57.7 cm³/mol. The summed E-state index contributed by atoms with van der Waals surface area (Å²) in [5.74, 6) is -1.56. The number of allylic oxidation sites excluding steroid dienone is 2. The third kappa shape index (κ3) is 2.44. The summed E-state index contributed by atoms with van der Waals surface area (Å²) in [5, 5.41) is 0. The Hall–Kier alpha value is -1.65. The largest absolute Gasteiger partial charge is 0.416 e. The summed E-state index contributed by atoms with van der Waals surface area (Å²) in [6, 6.07) is 1.90. The van der Waals surface area contributed by atoms with Crippen LogP contribution in [0.5, 0.6) is 0 Å². The quantitative estimate of drug-likeness (QED) is 0.575. The minimum Gasteiger partial charge on any atom is -0.289 e. The highest BCUT2D eigenvalue weighted by Gasteiger charge is 2.32. The van der Waals surface area contributed by atoms with Gasteiger partial charge in [0.2, 0.25) is 0 Å². The molecule has 0 unspecified atom stereocenters. The predicted octanol–water partition coefficient (Wildman–Crippen LogP) is 4.14. The summed E-state index contributed by atoms with van der Waals surface area (Å²) >= 11 is 0. The molecule has 0 saturated carbocycles. The molecule has 0 spiro atoms. The van der Waals surface area contributed by atoms with Crippen LogP contribution in [0.2, 0.25) is 0 Å². The summed E-state index contributed by atoms with van der Waals surface area (Å²) in [6.07, 6.45) is -0.938. The highest BCUT2D eigenvalue weighted by molar-refractivity contribution is 6.09. The van der Waals surface area contributed by atoms with Crippen LogP contribution < -0.4 is 0 Å². The molecule has 0 fully saturated rings. The van der Waals surface area contributed by atoms with Crippen molar-refractivity contribution < 1.29 is 22.4 Å². The van der Waals surface area contributed by atoms with Crippen LogP contribution in [0.25, 0.3) is 0 Å². The van der Waals surface area contributed by atoms with Gasteiger partial charge in [0.25, 0.3) is 0 Å². The van der Waals surface area contributed by atoms with Gasteiger partial charge in [-0.15, -0.1) is 0 Å². The molecule has 5 heteroatoms. The maximum Gasteiger partial charge on any atom is 0.416 e. The molecule has 2 rings (SSSR count). The molecule has 1 aliphatic rings. The fourth-order valence-electron chi connectivity index (χ4n) is 1.93. The van der Waals surface area contributed by atoms with Crippen LogP contribution in [0.3, 0.4) is 0 Å². The van der Waals surface area contributed by atoms with Crippen LogP contribution in [0.15, 0.2) is 29.8 Å². The second kappa shape index (κ2) is 4.55. The minimum absolute atomic E-state index is 0.397. The van der Waals surface area contributed by atoms with Gasteiger partial charge in [0.15, 0.2) is 5.78 Å². The van der Waals surface area contributed by atoms with Crippen molar-refractivity contribution in [2.75, 3.05) is 0 Å². The van der Waals surface area contributed by atoms with E-state index in [1.165, 1.54) is 0 Å². The zero-order valence-corrected chi connectivity index (χ0v) is 9.35. The van der Waals surface area contributed by atoms with E-state index >= 15 is 0 Å². The molecule has 18 heavy (non-hydrogen) atoms. The van der Waals surface area contributed by atoms with Crippen molar-refractivity contribution in [3.63, 3.8) is 0 Å². The first-order chi connectivity index (χ1) is 8.39. The number of alkyl halides is 3. The highest BCUT2D eigenvalue weighted by Crippen LogP contribution is 2.31. The molecule has 0 N–H and O–H groups in total. The summed E-state index contributed by atoms with van der Waals surface area (Å²) in [5.41, 5.74) is -1.11. The summed E-state index contributed by atoms with van der Waals surface area (Å²) in [6.45, 7) is 0. The van der Waals surface area contributed by atoms with Gasteiger partial charge in [-0.1, -0.05) is 6.08 Å². The molecule has 0 saturated heterocycles. The lowest BCUT2D eigenvalue weighted by Crippen LogP contribution is -2.10. The lowest BCUT2D eigenvalue weighted by Gasteiger charge is -2.09. The van der Waals surface area contributed by atoms with Crippen molar-refractivity contribution in [2.24, 2.45) is 0 Å². The van der Waals surface area contributed by atoms with Gasteiger partial charge in [-0.3, -0.25) is 4.79 Å². The van der Waals surface area contributed by atoms with Gasteiger partial charge >= 0.3 is 6.18 Å². The van der Waals surface area contributed by atoms with Crippen molar-refractivity contribution in [3.8, 4) is 0 Å². The van der Waals surface area contributed by atoms with Gasteiger partial charge in [-0.2, -0.15) is 13.2 Å². The third-order valence-electron chi connectivity index (χ3n) is 2.87. The Morgan fingerprint density at radius 2 is 1.94 bits per heavy atom. The molecular weight excluding hydrogens is 248 g/mol. The Balaban J connectivity index is 2.40. The summed E-state index contributed by atoms with van der Waals surface area (Å²) in [4.78, 5) is 11.9. The number of halogens is 4. The highest BCUT2D eigenvalue weighted by atomic mass is 19.4. The number of ketones is 1. The molecule has 0 bridgehead atoms. The first-order valence-corrected chi connectivity index (χ1v) is 5.50. The lowest BCUT2D eigenvalue weighted by molar-refractivity contribution is -0.137. The second-order valence-corrected chi connectivity index (χ2v) is 4.14. The first kappa shape index (κ1) is 12.8. The Morgan fingerprint density at radius 1 is 1.22 bits per heavy atom. The van der Waals surface area contributed by atoms with E-state index in [1.54, 1.807) is 6.08 Å². The van der Waals surface area contributed by atoms with E-state index in [-0.39, 0.29) is 0 Å². The van der Waals surface area contributed by atoms with Crippen molar-refractivity contribution in [2.45, 2.75) is 25.4 Å². The standard InChI is InChI=1S/C13H10F4O/c14-11-6-5-9(13(15,16)17)7-10(11)12(18)8-3-1-2-4-8/h3,5-7H,1-2,4H2. The molecule has 1 aromatic carbocycles. The fraction of sp³-hybridized carbons (Fsp3) is 0.308. The van der Waals surface area contributed by atoms with Gasteiger partial charge in [-0.05, 0) is 43.0 Å². The van der Waals surface area contributed by atoms with E-state index in [9.17, 15) is 22.4 Å². The van der Waals surface area contributed by atoms with E-state index in [4.69, 9.17) is 0 Å². The molecule has 96 valence electrons. The molecule has 0 aromatic heterocycles.